The molecule has 76 valence electrons. The molecule has 0 bridgehead atoms. The van der Waals surface area contributed by atoms with Gasteiger partial charge >= 0.3 is 0 Å². The average molecular weight is 208 g/mol. The van der Waals surface area contributed by atoms with Crippen LogP contribution in [0.2, 0.25) is 0 Å². The van der Waals surface area contributed by atoms with Crippen molar-refractivity contribution >= 4 is 11.8 Å². The third kappa shape index (κ3) is 1.69. The highest BCUT2D eigenvalue weighted by Crippen LogP contribution is 2.40. The molecule has 0 amide bonds. The van der Waals surface area contributed by atoms with Gasteiger partial charge in [0.1, 0.15) is 0 Å². The predicted molar refractivity (Wildman–Crippen MR) is 60.8 cm³/mol. The van der Waals surface area contributed by atoms with E-state index in [2.05, 4.69) is 19.1 Å². The molecule has 0 saturated heterocycles. The van der Waals surface area contributed by atoms with Gasteiger partial charge in [0.2, 0.25) is 0 Å². The molecule has 1 aliphatic heterocycles. The lowest BCUT2D eigenvalue weighted by atomic mass is 9.93. The molecular formula is C12H16OS. The Morgan fingerprint density at radius 1 is 1.43 bits per heavy atom. The maximum absolute atomic E-state index is 9.90. The Bertz CT molecular complexity index is 352. The fourth-order valence-electron chi connectivity index (χ4n) is 1.75. The lowest BCUT2D eigenvalue weighted by Gasteiger charge is -2.19. The van der Waals surface area contributed by atoms with Crippen molar-refractivity contribution in [3.8, 4) is 0 Å². The first kappa shape index (κ1) is 10.1. The normalized spacial score (nSPS) is 21.0. The van der Waals surface area contributed by atoms with E-state index in [0.29, 0.717) is 5.92 Å². The lowest BCUT2D eigenvalue weighted by Crippen LogP contribution is -2.15. The molecule has 14 heavy (non-hydrogen) atoms. The minimum atomic E-state index is -0.720. The van der Waals surface area contributed by atoms with Gasteiger partial charge in [0.15, 0.2) is 0 Å². The standard InChI is InChI=1S/C12H16OS/c1-8-7-14-11-5-4-9(6-10(8)11)12(2,3)13/h4-6,8,13H,7H2,1-3H3. The minimum Gasteiger partial charge on any atom is -0.386 e. The second kappa shape index (κ2) is 3.28. The summed E-state index contributed by atoms with van der Waals surface area (Å²) in [5.74, 6) is 1.79. The van der Waals surface area contributed by atoms with Crippen molar-refractivity contribution in [1.29, 1.82) is 0 Å². The van der Waals surface area contributed by atoms with Gasteiger partial charge in [-0.3, -0.25) is 0 Å². The predicted octanol–water partition coefficient (Wildman–Crippen LogP) is 3.12. The van der Waals surface area contributed by atoms with Crippen molar-refractivity contribution in [1.82, 2.24) is 0 Å². The Labute approximate surface area is 89.5 Å². The van der Waals surface area contributed by atoms with Crippen molar-refractivity contribution in [3.63, 3.8) is 0 Å². The molecule has 0 aliphatic carbocycles. The SMILES string of the molecule is CC1CSc2ccc(C(C)(C)O)cc21. The van der Waals surface area contributed by atoms with Crippen molar-refractivity contribution in [3.05, 3.63) is 29.3 Å². The molecule has 1 N–H and O–H groups in total. The summed E-state index contributed by atoms with van der Waals surface area (Å²) in [4.78, 5) is 1.38. The van der Waals surface area contributed by atoms with Crippen LogP contribution < -0.4 is 0 Å². The first-order valence-electron chi connectivity index (χ1n) is 4.98. The molecule has 0 saturated carbocycles. The molecule has 1 aliphatic rings. The van der Waals surface area contributed by atoms with E-state index in [0.717, 1.165) is 5.56 Å². The second-order valence-electron chi connectivity index (χ2n) is 4.52. The van der Waals surface area contributed by atoms with Crippen LogP contribution in [0.15, 0.2) is 23.1 Å². The first-order chi connectivity index (χ1) is 6.48. The van der Waals surface area contributed by atoms with Gasteiger partial charge in [-0.25, -0.2) is 0 Å². The molecule has 1 nitrogen and oxygen atoms in total. The summed E-state index contributed by atoms with van der Waals surface area (Å²) >= 11 is 1.91. The molecule has 1 unspecified atom stereocenters. The van der Waals surface area contributed by atoms with Crippen LogP contribution in [0.25, 0.3) is 0 Å². The number of aliphatic hydroxyl groups is 1. The highest BCUT2D eigenvalue weighted by atomic mass is 32.2. The largest absolute Gasteiger partial charge is 0.386 e. The summed E-state index contributed by atoms with van der Waals surface area (Å²) in [7, 11) is 0. The molecule has 0 fully saturated rings. The maximum Gasteiger partial charge on any atom is 0.0840 e. The van der Waals surface area contributed by atoms with Gasteiger partial charge in [0.05, 0.1) is 5.60 Å². The maximum atomic E-state index is 9.90. The summed E-state index contributed by atoms with van der Waals surface area (Å²) < 4.78 is 0. The summed E-state index contributed by atoms with van der Waals surface area (Å²) in [5, 5.41) is 9.90. The Hall–Kier alpha value is -0.470. The van der Waals surface area contributed by atoms with Gasteiger partial charge in [0.25, 0.3) is 0 Å². The van der Waals surface area contributed by atoms with Gasteiger partial charge in [-0.15, -0.1) is 11.8 Å². The van der Waals surface area contributed by atoms with Gasteiger partial charge in [-0.2, -0.15) is 0 Å². The molecule has 1 atom stereocenters. The van der Waals surface area contributed by atoms with Crippen molar-refractivity contribution in [2.45, 2.75) is 37.2 Å². The van der Waals surface area contributed by atoms with E-state index in [1.54, 1.807) is 0 Å². The van der Waals surface area contributed by atoms with Crippen LogP contribution in [0.5, 0.6) is 0 Å². The smallest absolute Gasteiger partial charge is 0.0840 e. The van der Waals surface area contributed by atoms with Crippen molar-refractivity contribution in [2.24, 2.45) is 0 Å². The van der Waals surface area contributed by atoms with Crippen LogP contribution in [0.3, 0.4) is 0 Å². The van der Waals surface area contributed by atoms with Crippen LogP contribution >= 0.6 is 11.8 Å². The second-order valence-corrected chi connectivity index (χ2v) is 5.59. The Morgan fingerprint density at radius 3 is 2.79 bits per heavy atom. The Morgan fingerprint density at radius 2 is 2.14 bits per heavy atom. The molecule has 0 radical (unpaired) electrons. The number of thioether (sulfide) groups is 1. The Kier molecular flexibility index (Phi) is 2.36. The van der Waals surface area contributed by atoms with E-state index in [-0.39, 0.29) is 0 Å². The third-order valence-electron chi connectivity index (χ3n) is 2.74. The molecule has 2 heteroatoms. The zero-order valence-corrected chi connectivity index (χ0v) is 9.69. The number of hydrogen-bond acceptors (Lipinski definition) is 2. The third-order valence-corrected chi connectivity index (χ3v) is 4.09. The number of benzene rings is 1. The lowest BCUT2D eigenvalue weighted by molar-refractivity contribution is 0.0784. The zero-order chi connectivity index (χ0) is 10.3. The van der Waals surface area contributed by atoms with Crippen LogP contribution in [0.1, 0.15) is 37.8 Å². The van der Waals surface area contributed by atoms with Gasteiger partial charge in [-0.05, 0) is 37.0 Å². The summed E-state index contributed by atoms with van der Waals surface area (Å²) in [5.41, 5.74) is 1.70. The number of hydrogen-bond donors (Lipinski definition) is 1. The van der Waals surface area contributed by atoms with E-state index < -0.39 is 5.60 Å². The van der Waals surface area contributed by atoms with E-state index >= 15 is 0 Å². The molecule has 1 aromatic rings. The summed E-state index contributed by atoms with van der Waals surface area (Å²) in [6, 6.07) is 6.32. The summed E-state index contributed by atoms with van der Waals surface area (Å²) in [6.07, 6.45) is 0. The fourth-order valence-corrected chi connectivity index (χ4v) is 2.95. The summed E-state index contributed by atoms with van der Waals surface area (Å²) in [6.45, 7) is 5.91. The Balaban J connectivity index is 2.45. The topological polar surface area (TPSA) is 20.2 Å². The number of rotatable bonds is 1. The molecule has 0 spiro atoms. The van der Waals surface area contributed by atoms with Crippen LogP contribution in [0.4, 0.5) is 0 Å². The minimum absolute atomic E-state index is 0.622. The van der Waals surface area contributed by atoms with Crippen LogP contribution in [-0.4, -0.2) is 10.9 Å². The molecule has 0 aromatic heterocycles. The highest BCUT2D eigenvalue weighted by Gasteiger charge is 2.23. The van der Waals surface area contributed by atoms with E-state index in [1.165, 1.54) is 16.2 Å². The highest BCUT2D eigenvalue weighted by molar-refractivity contribution is 7.99. The van der Waals surface area contributed by atoms with Crippen molar-refractivity contribution in [2.75, 3.05) is 5.75 Å². The van der Waals surface area contributed by atoms with Gasteiger partial charge in [0, 0.05) is 10.6 Å². The fraction of sp³-hybridized carbons (Fsp3) is 0.500. The van der Waals surface area contributed by atoms with Gasteiger partial charge in [-0.1, -0.05) is 19.1 Å². The molecule has 2 rings (SSSR count). The molecule has 1 aromatic carbocycles. The van der Waals surface area contributed by atoms with Crippen LogP contribution in [-0.2, 0) is 5.60 Å². The molecular weight excluding hydrogens is 192 g/mol. The van der Waals surface area contributed by atoms with Crippen LogP contribution in [0, 0.1) is 0 Å². The zero-order valence-electron chi connectivity index (χ0n) is 8.87. The first-order valence-corrected chi connectivity index (χ1v) is 5.96. The van der Waals surface area contributed by atoms with E-state index in [4.69, 9.17) is 0 Å². The van der Waals surface area contributed by atoms with E-state index in [9.17, 15) is 5.11 Å². The average Bonchev–Trinajstić information content (AvgIpc) is 2.46. The molecule has 1 heterocycles. The van der Waals surface area contributed by atoms with Crippen molar-refractivity contribution < 1.29 is 5.11 Å². The monoisotopic (exact) mass is 208 g/mol. The quantitative estimate of drug-likeness (QED) is 0.765. The van der Waals surface area contributed by atoms with Gasteiger partial charge < -0.3 is 5.11 Å². The number of fused-ring (bicyclic) bond motifs is 1. The van der Waals surface area contributed by atoms with E-state index in [1.807, 2.05) is 31.7 Å².